The van der Waals surface area contributed by atoms with Crippen molar-refractivity contribution in [1.82, 2.24) is 14.8 Å². The molecule has 0 amide bonds. The summed E-state index contributed by atoms with van der Waals surface area (Å²) in [7, 11) is 0. The Labute approximate surface area is 118 Å². The molecule has 1 aliphatic rings. The van der Waals surface area contributed by atoms with Crippen LogP contribution in [0, 0.1) is 17.2 Å². The molecule has 3 rings (SSSR count). The Balaban J connectivity index is 1.56. The number of anilines is 1. The van der Waals surface area contributed by atoms with Gasteiger partial charge in [0.15, 0.2) is 0 Å². The van der Waals surface area contributed by atoms with Crippen molar-refractivity contribution in [1.29, 1.82) is 5.26 Å². The van der Waals surface area contributed by atoms with Crippen LogP contribution in [0.15, 0.2) is 36.8 Å². The highest BCUT2D eigenvalue weighted by Crippen LogP contribution is 2.22. The molecule has 102 valence electrons. The third kappa shape index (κ3) is 2.80. The number of pyridine rings is 1. The topological polar surface area (TPSA) is 57.7 Å². The van der Waals surface area contributed by atoms with Gasteiger partial charge in [0.2, 0.25) is 0 Å². The summed E-state index contributed by atoms with van der Waals surface area (Å²) in [5, 5.41) is 13.1. The Hall–Kier alpha value is -2.35. The lowest BCUT2D eigenvalue weighted by Crippen LogP contribution is -2.35. The molecule has 0 aromatic carbocycles. The lowest BCUT2D eigenvalue weighted by Gasteiger charge is -2.32. The number of rotatable bonds is 3. The normalized spacial score (nSPS) is 16.1. The van der Waals surface area contributed by atoms with E-state index in [2.05, 4.69) is 21.1 Å². The van der Waals surface area contributed by atoms with Crippen LogP contribution in [0.3, 0.4) is 0 Å². The maximum Gasteiger partial charge on any atom is 0.128 e. The maximum atomic E-state index is 8.78. The van der Waals surface area contributed by atoms with Crippen LogP contribution in [0.4, 0.5) is 5.82 Å². The van der Waals surface area contributed by atoms with Crippen LogP contribution in [0.25, 0.3) is 0 Å². The first-order chi connectivity index (χ1) is 9.85. The van der Waals surface area contributed by atoms with Crippen molar-refractivity contribution in [3.63, 3.8) is 0 Å². The second-order valence-electron chi connectivity index (χ2n) is 5.18. The number of nitriles is 1. The first-order valence-corrected chi connectivity index (χ1v) is 6.93. The van der Waals surface area contributed by atoms with Crippen molar-refractivity contribution < 1.29 is 0 Å². The number of hydrogen-bond donors (Lipinski definition) is 0. The first kappa shape index (κ1) is 12.7. The molecule has 0 N–H and O–H groups in total. The van der Waals surface area contributed by atoms with Gasteiger partial charge in [-0.05, 0) is 37.0 Å². The van der Waals surface area contributed by atoms with Gasteiger partial charge in [0, 0.05) is 38.2 Å². The van der Waals surface area contributed by atoms with Crippen LogP contribution in [0.5, 0.6) is 0 Å². The molecule has 0 saturated carbocycles. The first-order valence-electron chi connectivity index (χ1n) is 6.93. The van der Waals surface area contributed by atoms with Crippen LogP contribution in [-0.2, 0) is 6.54 Å². The zero-order valence-corrected chi connectivity index (χ0v) is 11.3. The lowest BCUT2D eigenvalue weighted by molar-refractivity contribution is 0.341. The molecule has 1 aliphatic heterocycles. The Morgan fingerprint density at radius 3 is 2.75 bits per heavy atom. The van der Waals surface area contributed by atoms with Gasteiger partial charge in [-0.2, -0.15) is 10.4 Å². The Bertz CT molecular complexity index is 574. The minimum absolute atomic E-state index is 0.613. The van der Waals surface area contributed by atoms with Crippen LogP contribution >= 0.6 is 0 Å². The lowest BCUT2D eigenvalue weighted by atomic mass is 9.97. The summed E-state index contributed by atoms with van der Waals surface area (Å²) in [4.78, 5) is 6.65. The van der Waals surface area contributed by atoms with Crippen LogP contribution in [0.2, 0.25) is 0 Å². The van der Waals surface area contributed by atoms with Crippen LogP contribution in [0.1, 0.15) is 18.4 Å². The van der Waals surface area contributed by atoms with E-state index in [1.165, 1.54) is 0 Å². The third-order valence-electron chi connectivity index (χ3n) is 3.82. The molecule has 0 bridgehead atoms. The van der Waals surface area contributed by atoms with E-state index in [-0.39, 0.29) is 0 Å². The molecule has 1 fully saturated rings. The summed E-state index contributed by atoms with van der Waals surface area (Å²) < 4.78 is 2.01. The highest BCUT2D eigenvalue weighted by molar-refractivity contribution is 5.42. The van der Waals surface area contributed by atoms with E-state index >= 15 is 0 Å². The molecule has 20 heavy (non-hydrogen) atoms. The van der Waals surface area contributed by atoms with Gasteiger partial charge in [-0.3, -0.25) is 4.68 Å². The molecule has 5 heteroatoms. The van der Waals surface area contributed by atoms with Crippen molar-refractivity contribution in [2.45, 2.75) is 19.4 Å². The van der Waals surface area contributed by atoms with Gasteiger partial charge in [-0.25, -0.2) is 4.98 Å². The molecule has 5 nitrogen and oxygen atoms in total. The predicted molar refractivity (Wildman–Crippen MR) is 76.1 cm³/mol. The largest absolute Gasteiger partial charge is 0.357 e. The number of nitrogens with zero attached hydrogens (tertiary/aromatic N) is 5. The minimum Gasteiger partial charge on any atom is -0.357 e. The van der Waals surface area contributed by atoms with E-state index in [0.29, 0.717) is 11.5 Å². The smallest absolute Gasteiger partial charge is 0.128 e. The van der Waals surface area contributed by atoms with Gasteiger partial charge in [-0.15, -0.1) is 0 Å². The molecule has 1 saturated heterocycles. The monoisotopic (exact) mass is 267 g/mol. The van der Waals surface area contributed by atoms with Gasteiger partial charge in [-0.1, -0.05) is 0 Å². The van der Waals surface area contributed by atoms with E-state index in [0.717, 1.165) is 38.3 Å². The Morgan fingerprint density at radius 1 is 1.30 bits per heavy atom. The fourth-order valence-corrected chi connectivity index (χ4v) is 2.66. The fraction of sp³-hybridized carbons (Fsp3) is 0.400. The average Bonchev–Trinajstić information content (AvgIpc) is 3.01. The molecule has 0 unspecified atom stereocenters. The number of hydrogen-bond acceptors (Lipinski definition) is 4. The standard InChI is InChI=1S/C15H17N5/c16-10-14-2-3-15(17-11-14)19-8-4-13(5-9-19)12-20-7-1-6-18-20/h1-3,6-7,11,13H,4-5,8-9,12H2. The molecule has 0 aliphatic carbocycles. The second kappa shape index (κ2) is 5.74. The highest BCUT2D eigenvalue weighted by atomic mass is 15.3. The van der Waals surface area contributed by atoms with E-state index in [4.69, 9.17) is 5.26 Å². The molecule has 3 heterocycles. The van der Waals surface area contributed by atoms with Crippen molar-refractivity contribution in [2.24, 2.45) is 5.92 Å². The van der Waals surface area contributed by atoms with Gasteiger partial charge >= 0.3 is 0 Å². The summed E-state index contributed by atoms with van der Waals surface area (Å²) in [6.45, 7) is 3.04. The fourth-order valence-electron chi connectivity index (χ4n) is 2.66. The summed E-state index contributed by atoms with van der Waals surface area (Å²) in [5.74, 6) is 1.66. The van der Waals surface area contributed by atoms with Gasteiger partial charge in [0.1, 0.15) is 11.9 Å². The third-order valence-corrected chi connectivity index (χ3v) is 3.82. The van der Waals surface area contributed by atoms with Crippen molar-refractivity contribution in [3.05, 3.63) is 42.4 Å². The second-order valence-corrected chi connectivity index (χ2v) is 5.18. The minimum atomic E-state index is 0.613. The SMILES string of the molecule is N#Cc1ccc(N2CCC(Cn3cccn3)CC2)nc1. The molecule has 0 spiro atoms. The zero-order valence-electron chi connectivity index (χ0n) is 11.3. The molecular formula is C15H17N5. The summed E-state index contributed by atoms with van der Waals surface area (Å²) in [6, 6.07) is 7.83. The highest BCUT2D eigenvalue weighted by Gasteiger charge is 2.20. The van der Waals surface area contributed by atoms with Gasteiger partial charge < -0.3 is 4.90 Å². The summed E-state index contributed by atoms with van der Waals surface area (Å²) in [6.07, 6.45) is 7.80. The predicted octanol–water partition coefficient (Wildman–Crippen LogP) is 2.07. The van der Waals surface area contributed by atoms with E-state index in [1.54, 1.807) is 6.20 Å². The number of piperidine rings is 1. The Morgan fingerprint density at radius 2 is 2.15 bits per heavy atom. The summed E-state index contributed by atoms with van der Waals surface area (Å²) in [5.41, 5.74) is 0.613. The van der Waals surface area contributed by atoms with Crippen molar-refractivity contribution in [2.75, 3.05) is 18.0 Å². The molecule has 0 atom stereocenters. The molecule has 2 aromatic heterocycles. The van der Waals surface area contributed by atoms with Gasteiger partial charge in [0.05, 0.1) is 5.56 Å². The Kier molecular flexibility index (Phi) is 3.64. The average molecular weight is 267 g/mol. The molecule has 0 radical (unpaired) electrons. The summed E-state index contributed by atoms with van der Waals surface area (Å²) >= 11 is 0. The van der Waals surface area contributed by atoms with Crippen LogP contribution in [-0.4, -0.2) is 27.9 Å². The van der Waals surface area contributed by atoms with E-state index in [1.807, 2.05) is 35.3 Å². The van der Waals surface area contributed by atoms with Crippen molar-refractivity contribution >= 4 is 5.82 Å². The zero-order chi connectivity index (χ0) is 13.8. The molecular weight excluding hydrogens is 250 g/mol. The molecule has 2 aromatic rings. The maximum absolute atomic E-state index is 8.78. The van der Waals surface area contributed by atoms with Gasteiger partial charge in [0.25, 0.3) is 0 Å². The van der Waals surface area contributed by atoms with E-state index in [9.17, 15) is 0 Å². The van der Waals surface area contributed by atoms with Crippen LogP contribution < -0.4 is 4.90 Å². The van der Waals surface area contributed by atoms with Crippen molar-refractivity contribution in [3.8, 4) is 6.07 Å². The number of aromatic nitrogens is 3. The quantitative estimate of drug-likeness (QED) is 0.854. The van der Waals surface area contributed by atoms with E-state index < -0.39 is 0 Å².